The first-order valence-corrected chi connectivity index (χ1v) is 7.79. The van der Waals surface area contributed by atoms with E-state index in [1.165, 1.54) is 5.56 Å². The lowest BCUT2D eigenvalue weighted by molar-refractivity contribution is 0.127. The Morgan fingerprint density at radius 3 is 2.86 bits per heavy atom. The molecular formula is C16H20N2O2S. The van der Waals surface area contributed by atoms with Crippen LogP contribution in [0.5, 0.6) is 5.75 Å². The Morgan fingerprint density at radius 2 is 2.10 bits per heavy atom. The highest BCUT2D eigenvalue weighted by molar-refractivity contribution is 7.08. The molecule has 0 bridgehead atoms. The molecule has 0 aliphatic carbocycles. The lowest BCUT2D eigenvalue weighted by Gasteiger charge is -2.09. The van der Waals surface area contributed by atoms with Gasteiger partial charge in [-0.25, -0.2) is 0 Å². The Kier molecular flexibility index (Phi) is 5.63. The molecule has 1 aromatic carbocycles. The van der Waals surface area contributed by atoms with Gasteiger partial charge < -0.3 is 15.3 Å². The van der Waals surface area contributed by atoms with Gasteiger partial charge in [-0.2, -0.15) is 11.3 Å². The summed E-state index contributed by atoms with van der Waals surface area (Å²) < 4.78 is 5.74. The second kappa shape index (κ2) is 7.69. The molecule has 0 radical (unpaired) electrons. The van der Waals surface area contributed by atoms with Crippen LogP contribution in [0.3, 0.4) is 0 Å². The third-order valence-corrected chi connectivity index (χ3v) is 3.64. The zero-order valence-electron chi connectivity index (χ0n) is 12.3. The predicted molar refractivity (Wildman–Crippen MR) is 87.0 cm³/mol. The molecule has 0 amide bonds. The van der Waals surface area contributed by atoms with Crippen LogP contribution in [-0.2, 0) is 4.84 Å². The number of nitrogens with two attached hydrogens (primary N) is 1. The fraction of sp³-hybridized carbons (Fsp3) is 0.312. The highest BCUT2D eigenvalue weighted by atomic mass is 32.1. The number of aryl methyl sites for hydroxylation is 2. The molecule has 2 N–H and O–H groups in total. The molecule has 0 spiro atoms. The van der Waals surface area contributed by atoms with Crippen molar-refractivity contribution in [2.24, 2.45) is 10.9 Å². The normalized spacial score (nSPS) is 11.4. The molecule has 5 heteroatoms. The van der Waals surface area contributed by atoms with Gasteiger partial charge in [0.1, 0.15) is 12.4 Å². The number of oxime groups is 1. The molecule has 0 fully saturated rings. The maximum absolute atomic E-state index is 5.78. The summed E-state index contributed by atoms with van der Waals surface area (Å²) in [6.45, 7) is 5.17. The van der Waals surface area contributed by atoms with Gasteiger partial charge in [0.25, 0.3) is 0 Å². The zero-order valence-corrected chi connectivity index (χ0v) is 13.2. The largest absolute Gasteiger partial charge is 0.493 e. The Labute approximate surface area is 129 Å². The average Bonchev–Trinajstić information content (AvgIpc) is 3.00. The van der Waals surface area contributed by atoms with E-state index >= 15 is 0 Å². The lowest BCUT2D eigenvalue weighted by atomic mass is 10.1. The van der Waals surface area contributed by atoms with Crippen LogP contribution in [0.2, 0.25) is 0 Å². The summed E-state index contributed by atoms with van der Waals surface area (Å²) in [6.07, 6.45) is 0.758. The van der Waals surface area contributed by atoms with Gasteiger partial charge >= 0.3 is 0 Å². The molecule has 4 nitrogen and oxygen atoms in total. The molecule has 0 unspecified atom stereocenters. The van der Waals surface area contributed by atoms with E-state index in [0.29, 0.717) is 19.0 Å². The second-order valence-corrected chi connectivity index (χ2v) is 5.57. The molecule has 2 aromatic rings. The molecule has 0 atom stereocenters. The Bertz CT molecular complexity index is 594. The van der Waals surface area contributed by atoms with E-state index < -0.39 is 0 Å². The van der Waals surface area contributed by atoms with Crippen molar-refractivity contribution in [2.45, 2.75) is 20.3 Å². The van der Waals surface area contributed by atoms with Crippen molar-refractivity contribution in [3.05, 3.63) is 51.7 Å². The number of thiophene rings is 1. The number of amidine groups is 1. The minimum atomic E-state index is 0.409. The molecular weight excluding hydrogens is 284 g/mol. The van der Waals surface area contributed by atoms with Gasteiger partial charge in [-0.15, -0.1) is 0 Å². The van der Waals surface area contributed by atoms with Gasteiger partial charge in [0.2, 0.25) is 0 Å². The highest BCUT2D eigenvalue weighted by Crippen LogP contribution is 2.19. The van der Waals surface area contributed by atoms with E-state index in [1.54, 1.807) is 11.3 Å². The Hall–Kier alpha value is -2.01. The van der Waals surface area contributed by atoms with Crippen LogP contribution in [0.25, 0.3) is 0 Å². The van der Waals surface area contributed by atoms with Gasteiger partial charge in [-0.05, 0) is 42.5 Å². The number of nitrogens with zero attached hydrogens (tertiary/aromatic N) is 1. The summed E-state index contributed by atoms with van der Waals surface area (Å²) in [7, 11) is 0. The number of benzene rings is 1. The van der Waals surface area contributed by atoms with E-state index in [9.17, 15) is 0 Å². The van der Waals surface area contributed by atoms with Crippen LogP contribution in [0.1, 0.15) is 23.1 Å². The number of hydrogen-bond donors (Lipinski definition) is 1. The molecule has 21 heavy (non-hydrogen) atoms. The summed E-state index contributed by atoms with van der Waals surface area (Å²) in [6, 6.07) is 8.10. The van der Waals surface area contributed by atoms with E-state index in [-0.39, 0.29) is 0 Å². The Morgan fingerprint density at radius 1 is 1.24 bits per heavy atom. The minimum Gasteiger partial charge on any atom is -0.493 e. The SMILES string of the molecule is Cc1ccc(C)c(OCCCO/N=C(/N)c2ccsc2)c1. The van der Waals surface area contributed by atoms with Crippen molar-refractivity contribution >= 4 is 17.2 Å². The molecule has 0 saturated carbocycles. The van der Waals surface area contributed by atoms with Crippen LogP contribution in [0, 0.1) is 13.8 Å². The average molecular weight is 304 g/mol. The summed E-state index contributed by atoms with van der Waals surface area (Å²) in [5.74, 6) is 1.34. The maximum atomic E-state index is 5.78. The van der Waals surface area contributed by atoms with E-state index in [2.05, 4.69) is 24.2 Å². The van der Waals surface area contributed by atoms with Crippen LogP contribution in [-0.4, -0.2) is 19.0 Å². The monoisotopic (exact) mass is 304 g/mol. The third-order valence-electron chi connectivity index (χ3n) is 2.96. The first-order valence-electron chi connectivity index (χ1n) is 6.85. The van der Waals surface area contributed by atoms with Gasteiger partial charge in [0.05, 0.1) is 6.61 Å². The number of ether oxygens (including phenoxy) is 1. The molecule has 1 heterocycles. The minimum absolute atomic E-state index is 0.409. The Balaban J connectivity index is 1.68. The summed E-state index contributed by atoms with van der Waals surface area (Å²) >= 11 is 1.58. The first-order chi connectivity index (χ1) is 10.2. The van der Waals surface area contributed by atoms with Gasteiger partial charge in [-0.3, -0.25) is 0 Å². The van der Waals surface area contributed by atoms with Crippen molar-refractivity contribution in [3.8, 4) is 5.75 Å². The molecule has 1 aromatic heterocycles. The fourth-order valence-corrected chi connectivity index (χ4v) is 2.40. The van der Waals surface area contributed by atoms with Crippen molar-refractivity contribution in [1.82, 2.24) is 0 Å². The zero-order chi connectivity index (χ0) is 15.1. The van der Waals surface area contributed by atoms with Crippen molar-refractivity contribution < 1.29 is 9.57 Å². The second-order valence-electron chi connectivity index (χ2n) is 4.79. The summed E-state index contributed by atoms with van der Waals surface area (Å²) in [5, 5.41) is 7.78. The van der Waals surface area contributed by atoms with Crippen molar-refractivity contribution in [1.29, 1.82) is 0 Å². The smallest absolute Gasteiger partial charge is 0.171 e. The van der Waals surface area contributed by atoms with Gasteiger partial charge in [-0.1, -0.05) is 17.3 Å². The van der Waals surface area contributed by atoms with Crippen LogP contribution >= 0.6 is 11.3 Å². The molecule has 0 aliphatic rings. The van der Waals surface area contributed by atoms with Crippen molar-refractivity contribution in [2.75, 3.05) is 13.2 Å². The molecule has 0 aliphatic heterocycles. The summed E-state index contributed by atoms with van der Waals surface area (Å²) in [5.41, 5.74) is 9.01. The van der Waals surface area contributed by atoms with E-state index in [4.69, 9.17) is 15.3 Å². The molecule has 112 valence electrons. The van der Waals surface area contributed by atoms with E-state index in [1.807, 2.05) is 29.8 Å². The molecule has 0 saturated heterocycles. The third kappa shape index (κ3) is 4.79. The van der Waals surface area contributed by atoms with E-state index in [0.717, 1.165) is 23.3 Å². The maximum Gasteiger partial charge on any atom is 0.171 e. The standard InChI is InChI=1S/C16H20N2O2S/c1-12-4-5-13(2)15(10-12)19-7-3-8-20-18-16(17)14-6-9-21-11-14/h4-6,9-11H,3,7-8H2,1-2H3,(H2,17,18). The quantitative estimate of drug-likeness (QED) is 0.369. The van der Waals surface area contributed by atoms with Crippen LogP contribution in [0.4, 0.5) is 0 Å². The summed E-state index contributed by atoms with van der Waals surface area (Å²) in [4.78, 5) is 5.20. The lowest BCUT2D eigenvalue weighted by Crippen LogP contribution is -2.13. The van der Waals surface area contributed by atoms with Crippen LogP contribution < -0.4 is 10.5 Å². The molecule has 2 rings (SSSR count). The highest BCUT2D eigenvalue weighted by Gasteiger charge is 2.00. The predicted octanol–water partition coefficient (Wildman–Crippen LogP) is 3.47. The number of hydrogen-bond acceptors (Lipinski definition) is 4. The van der Waals surface area contributed by atoms with Crippen molar-refractivity contribution in [3.63, 3.8) is 0 Å². The first kappa shape index (κ1) is 15.4. The number of rotatable bonds is 7. The van der Waals surface area contributed by atoms with Gasteiger partial charge in [0.15, 0.2) is 5.84 Å². The fourth-order valence-electron chi connectivity index (χ4n) is 1.75. The van der Waals surface area contributed by atoms with Gasteiger partial charge in [0, 0.05) is 17.4 Å². The van der Waals surface area contributed by atoms with Crippen LogP contribution in [0.15, 0.2) is 40.2 Å². The topological polar surface area (TPSA) is 56.8 Å².